The number of rotatable bonds is 12. The van der Waals surface area contributed by atoms with Crippen molar-refractivity contribution in [2.24, 2.45) is 10.2 Å². The molecule has 0 aliphatic carbocycles. The first-order valence-corrected chi connectivity index (χ1v) is 12.9. The third kappa shape index (κ3) is 6.48. The number of para-hydroxylation sites is 1. The van der Waals surface area contributed by atoms with Crippen LogP contribution in [0.3, 0.4) is 0 Å². The number of terminal acetylenes is 1. The van der Waals surface area contributed by atoms with E-state index in [1.54, 1.807) is 42.5 Å². The Bertz CT molecular complexity index is 1620. The van der Waals surface area contributed by atoms with E-state index in [-0.39, 0.29) is 11.0 Å². The topological polar surface area (TPSA) is 76.6 Å². The average Bonchev–Trinajstić information content (AvgIpc) is 3.78. The van der Waals surface area contributed by atoms with Crippen LogP contribution in [0.1, 0.15) is 11.1 Å². The van der Waals surface area contributed by atoms with Crippen LogP contribution in [0.5, 0.6) is 5.75 Å². The standard InChI is InChI=1S/C31H26F3N3O4/c1-2-15-37(21-22-7-11-24(12-8-22)30(35-36-30)31(32,33)34)16-17-39-18-19-40-25-13-9-23(10-14-25)29-20-27(38)26-5-3-4-6-28(26)41-29/h1,3-14,20H,15-19,21H2. The maximum atomic E-state index is 13.2. The Morgan fingerprint density at radius 2 is 1.68 bits per heavy atom. The highest BCUT2D eigenvalue weighted by molar-refractivity contribution is 5.78. The number of hydrogen-bond acceptors (Lipinski definition) is 7. The minimum atomic E-state index is -4.55. The Kier molecular flexibility index (Phi) is 8.19. The number of ether oxygens (including phenoxy) is 2. The van der Waals surface area contributed by atoms with Crippen LogP contribution in [0.4, 0.5) is 13.2 Å². The fourth-order valence-electron chi connectivity index (χ4n) is 4.36. The van der Waals surface area contributed by atoms with Gasteiger partial charge in [-0.25, -0.2) is 0 Å². The van der Waals surface area contributed by atoms with Gasteiger partial charge in [-0.15, -0.1) is 16.7 Å². The lowest BCUT2D eigenvalue weighted by molar-refractivity contribution is -0.166. The summed E-state index contributed by atoms with van der Waals surface area (Å²) in [6, 6.07) is 21.9. The first-order chi connectivity index (χ1) is 19.8. The number of fused-ring (bicyclic) bond motifs is 1. The van der Waals surface area contributed by atoms with E-state index in [0.29, 0.717) is 61.9 Å². The molecule has 0 saturated carbocycles. The first kappa shape index (κ1) is 28.1. The highest BCUT2D eigenvalue weighted by Gasteiger charge is 2.65. The van der Waals surface area contributed by atoms with Crippen molar-refractivity contribution >= 4 is 11.0 Å². The molecule has 210 valence electrons. The summed E-state index contributed by atoms with van der Waals surface area (Å²) in [4.78, 5) is 14.3. The molecule has 41 heavy (non-hydrogen) atoms. The van der Waals surface area contributed by atoms with Crippen LogP contribution in [0.15, 0.2) is 98.3 Å². The van der Waals surface area contributed by atoms with Crippen molar-refractivity contribution in [2.75, 3.05) is 32.9 Å². The number of halogens is 3. The van der Waals surface area contributed by atoms with E-state index in [9.17, 15) is 18.0 Å². The molecule has 0 bridgehead atoms. The van der Waals surface area contributed by atoms with Gasteiger partial charge in [-0.3, -0.25) is 9.69 Å². The van der Waals surface area contributed by atoms with Crippen molar-refractivity contribution in [3.05, 3.63) is 100 Å². The molecule has 0 N–H and O–H groups in total. The number of nitrogens with zero attached hydrogens (tertiary/aromatic N) is 3. The van der Waals surface area contributed by atoms with Gasteiger partial charge < -0.3 is 13.9 Å². The van der Waals surface area contributed by atoms with Crippen LogP contribution >= 0.6 is 0 Å². The monoisotopic (exact) mass is 561 g/mol. The van der Waals surface area contributed by atoms with Gasteiger partial charge in [-0.2, -0.15) is 13.2 Å². The summed E-state index contributed by atoms with van der Waals surface area (Å²) in [6.07, 6.45) is 0.942. The Balaban J connectivity index is 1.05. The summed E-state index contributed by atoms with van der Waals surface area (Å²) in [7, 11) is 0. The van der Waals surface area contributed by atoms with Crippen LogP contribution in [0.2, 0.25) is 0 Å². The summed E-state index contributed by atoms with van der Waals surface area (Å²) < 4.78 is 56.9. The average molecular weight is 562 g/mol. The fourth-order valence-corrected chi connectivity index (χ4v) is 4.36. The largest absolute Gasteiger partial charge is 0.491 e. The van der Waals surface area contributed by atoms with Crippen molar-refractivity contribution in [3.8, 4) is 29.4 Å². The van der Waals surface area contributed by atoms with Crippen molar-refractivity contribution in [1.82, 2.24) is 4.90 Å². The van der Waals surface area contributed by atoms with Crippen molar-refractivity contribution in [3.63, 3.8) is 0 Å². The molecule has 10 heteroatoms. The van der Waals surface area contributed by atoms with E-state index in [4.69, 9.17) is 20.3 Å². The lowest BCUT2D eigenvalue weighted by atomic mass is 10.0. The van der Waals surface area contributed by atoms with Gasteiger partial charge in [0.05, 0.1) is 25.1 Å². The number of alkyl halides is 3. The van der Waals surface area contributed by atoms with Crippen LogP contribution in [0, 0.1) is 12.3 Å². The molecule has 3 aromatic carbocycles. The van der Waals surface area contributed by atoms with Gasteiger partial charge >= 0.3 is 11.8 Å². The molecule has 0 spiro atoms. The Hall–Kier alpha value is -4.46. The lowest BCUT2D eigenvalue weighted by Crippen LogP contribution is -2.30. The second kappa shape index (κ2) is 12.0. The van der Waals surface area contributed by atoms with E-state index in [1.165, 1.54) is 18.2 Å². The van der Waals surface area contributed by atoms with Gasteiger partial charge in [0.25, 0.3) is 0 Å². The molecule has 2 heterocycles. The zero-order valence-electron chi connectivity index (χ0n) is 21.9. The predicted octanol–water partition coefficient (Wildman–Crippen LogP) is 6.17. The summed E-state index contributed by atoms with van der Waals surface area (Å²) in [5, 5.41) is 7.00. The lowest BCUT2D eigenvalue weighted by Gasteiger charge is -2.20. The quantitative estimate of drug-likeness (QED) is 0.153. The molecule has 5 rings (SSSR count). The van der Waals surface area contributed by atoms with E-state index >= 15 is 0 Å². The van der Waals surface area contributed by atoms with E-state index in [0.717, 1.165) is 11.1 Å². The molecule has 0 fully saturated rings. The highest BCUT2D eigenvalue weighted by atomic mass is 19.4. The van der Waals surface area contributed by atoms with Gasteiger partial charge in [-0.1, -0.05) is 42.3 Å². The fraction of sp³-hybridized carbons (Fsp3) is 0.258. The van der Waals surface area contributed by atoms with Gasteiger partial charge in [0.1, 0.15) is 23.7 Å². The van der Waals surface area contributed by atoms with Gasteiger partial charge in [0, 0.05) is 30.3 Å². The summed E-state index contributed by atoms with van der Waals surface area (Å²) in [5.41, 5.74) is -0.412. The Morgan fingerprint density at radius 3 is 2.37 bits per heavy atom. The highest BCUT2D eigenvalue weighted by Crippen LogP contribution is 2.52. The third-order valence-electron chi connectivity index (χ3n) is 6.59. The molecular formula is C31H26F3N3O4. The molecule has 1 aliphatic rings. The zero-order valence-corrected chi connectivity index (χ0v) is 21.9. The number of benzene rings is 3. The maximum Gasteiger partial charge on any atom is 0.442 e. The Morgan fingerprint density at radius 1 is 0.951 bits per heavy atom. The predicted molar refractivity (Wildman–Crippen MR) is 147 cm³/mol. The minimum absolute atomic E-state index is 0.00416. The molecule has 0 radical (unpaired) electrons. The van der Waals surface area contributed by atoms with Gasteiger partial charge in [0.15, 0.2) is 5.43 Å². The Labute approximate surface area is 234 Å². The molecule has 4 aromatic rings. The smallest absolute Gasteiger partial charge is 0.442 e. The zero-order chi connectivity index (χ0) is 28.9. The van der Waals surface area contributed by atoms with Gasteiger partial charge in [0.2, 0.25) is 0 Å². The molecule has 0 unspecified atom stereocenters. The van der Waals surface area contributed by atoms with Crippen LogP contribution in [0.25, 0.3) is 22.3 Å². The summed E-state index contributed by atoms with van der Waals surface area (Å²) in [6.45, 7) is 2.45. The molecule has 0 amide bonds. The van der Waals surface area contributed by atoms with Crippen LogP contribution in [-0.2, 0) is 16.9 Å². The molecule has 7 nitrogen and oxygen atoms in total. The second-order valence-corrected chi connectivity index (χ2v) is 9.44. The van der Waals surface area contributed by atoms with E-state index < -0.39 is 11.8 Å². The molecule has 1 aliphatic heterocycles. The van der Waals surface area contributed by atoms with Crippen LogP contribution in [-0.4, -0.2) is 44.0 Å². The van der Waals surface area contributed by atoms with Crippen molar-refractivity contribution in [1.29, 1.82) is 0 Å². The number of hydrogen-bond donors (Lipinski definition) is 0. The normalized spacial score (nSPS) is 13.8. The SMILES string of the molecule is C#CCN(CCOCCOc1ccc(-c2cc(=O)c3ccccc3o2)cc1)Cc1ccc(C2(C(F)(F)F)N=N2)cc1. The van der Waals surface area contributed by atoms with E-state index in [2.05, 4.69) is 16.1 Å². The molecular weight excluding hydrogens is 535 g/mol. The second-order valence-electron chi connectivity index (χ2n) is 9.44. The van der Waals surface area contributed by atoms with E-state index in [1.807, 2.05) is 23.1 Å². The molecule has 1 aromatic heterocycles. The van der Waals surface area contributed by atoms with Crippen molar-refractivity contribution in [2.45, 2.75) is 18.4 Å². The van der Waals surface area contributed by atoms with Crippen molar-refractivity contribution < 1.29 is 27.1 Å². The molecule has 0 atom stereocenters. The van der Waals surface area contributed by atoms with Crippen LogP contribution < -0.4 is 10.2 Å². The minimum Gasteiger partial charge on any atom is -0.491 e. The summed E-state index contributed by atoms with van der Waals surface area (Å²) in [5.74, 6) is 3.73. The third-order valence-corrected chi connectivity index (χ3v) is 6.59. The molecule has 0 saturated heterocycles. The van der Waals surface area contributed by atoms with Gasteiger partial charge in [-0.05, 0) is 42.0 Å². The first-order valence-electron chi connectivity index (χ1n) is 12.9. The maximum absolute atomic E-state index is 13.2. The summed E-state index contributed by atoms with van der Waals surface area (Å²) >= 11 is 0.